The Morgan fingerprint density at radius 1 is 1.12 bits per heavy atom. The smallest absolute Gasteiger partial charge is 0.272 e. The number of hydrogen-bond donors (Lipinski definition) is 0. The lowest BCUT2D eigenvalue weighted by Gasteiger charge is -2.43. The lowest BCUT2D eigenvalue weighted by molar-refractivity contribution is -0.139. The normalized spacial score (nSPS) is 21.4. The average Bonchev–Trinajstić information content (AvgIpc) is 3.25. The molecule has 9 heteroatoms. The van der Waals surface area contributed by atoms with Gasteiger partial charge < -0.3 is 19.3 Å². The van der Waals surface area contributed by atoms with Gasteiger partial charge in [-0.3, -0.25) is 14.3 Å². The van der Waals surface area contributed by atoms with Crippen molar-refractivity contribution in [1.82, 2.24) is 19.6 Å². The largest absolute Gasteiger partial charge is 0.493 e. The Morgan fingerprint density at radius 2 is 1.88 bits per heavy atom. The van der Waals surface area contributed by atoms with Gasteiger partial charge in [0.15, 0.2) is 0 Å². The molecule has 2 fully saturated rings. The number of halogens is 1. The van der Waals surface area contributed by atoms with E-state index in [1.165, 1.54) is 12.1 Å². The van der Waals surface area contributed by atoms with Gasteiger partial charge in [0, 0.05) is 51.3 Å². The summed E-state index contributed by atoms with van der Waals surface area (Å²) in [4.78, 5) is 29.9. The number of morpholine rings is 1. The highest BCUT2D eigenvalue weighted by Gasteiger charge is 2.41. The molecule has 2 aliphatic heterocycles. The number of carbonyl (C=O) groups is 2. The highest BCUT2D eigenvalue weighted by molar-refractivity contribution is 5.92. The first-order valence-electron chi connectivity index (χ1n) is 11.0. The molecule has 0 bridgehead atoms. The SMILES string of the molecule is Cn1nccc1C(=O)N1CCC[C@@](COc2ccc(F)cc2)(CC(=O)N2CCOCC2)C1. The van der Waals surface area contributed by atoms with E-state index in [4.69, 9.17) is 9.47 Å². The molecule has 8 nitrogen and oxygen atoms in total. The third-order valence-electron chi connectivity index (χ3n) is 6.24. The third kappa shape index (κ3) is 5.09. The Hall–Kier alpha value is -2.94. The molecule has 1 atom stereocenters. The standard InChI is InChI=1S/C23H29FN4O4/c1-26-20(7-9-25-26)22(30)28-10-2-8-23(16-28,15-21(29)27-11-13-31-14-12-27)17-32-19-5-3-18(24)4-6-19/h3-7,9H,2,8,10-17H2,1H3/t23-/m1/s1. The van der Waals surface area contributed by atoms with E-state index in [0.29, 0.717) is 50.8 Å². The van der Waals surface area contributed by atoms with Crippen molar-refractivity contribution in [1.29, 1.82) is 0 Å². The lowest BCUT2D eigenvalue weighted by atomic mass is 9.77. The molecule has 0 aliphatic carbocycles. The van der Waals surface area contributed by atoms with Crippen molar-refractivity contribution in [2.24, 2.45) is 12.5 Å². The van der Waals surface area contributed by atoms with Crippen LogP contribution in [0.2, 0.25) is 0 Å². The second kappa shape index (κ2) is 9.68. The molecule has 0 unspecified atom stereocenters. The summed E-state index contributed by atoms with van der Waals surface area (Å²) in [6, 6.07) is 7.55. The number of rotatable bonds is 6. The summed E-state index contributed by atoms with van der Waals surface area (Å²) in [6.45, 7) is 3.52. The van der Waals surface area contributed by atoms with E-state index in [2.05, 4.69) is 5.10 Å². The van der Waals surface area contributed by atoms with Crippen LogP contribution in [0.4, 0.5) is 4.39 Å². The number of piperidine rings is 1. The predicted octanol–water partition coefficient (Wildman–Crippen LogP) is 2.11. The summed E-state index contributed by atoms with van der Waals surface area (Å²) in [7, 11) is 1.74. The number of ether oxygens (including phenoxy) is 2. The van der Waals surface area contributed by atoms with Crippen molar-refractivity contribution >= 4 is 11.8 Å². The molecule has 1 aromatic carbocycles. The van der Waals surface area contributed by atoms with Gasteiger partial charge in [0.2, 0.25) is 5.91 Å². The van der Waals surface area contributed by atoms with Crippen LogP contribution in [-0.4, -0.2) is 77.4 Å². The summed E-state index contributed by atoms with van der Waals surface area (Å²) in [5.74, 6) is 0.153. The molecule has 2 aromatic rings. The predicted molar refractivity (Wildman–Crippen MR) is 115 cm³/mol. The summed E-state index contributed by atoms with van der Waals surface area (Å²) < 4.78 is 26.2. The van der Waals surface area contributed by atoms with Crippen molar-refractivity contribution in [3.63, 3.8) is 0 Å². The van der Waals surface area contributed by atoms with Gasteiger partial charge in [0.1, 0.15) is 17.3 Å². The molecule has 3 heterocycles. The fourth-order valence-electron chi connectivity index (χ4n) is 4.45. The van der Waals surface area contributed by atoms with Crippen molar-refractivity contribution in [2.45, 2.75) is 19.3 Å². The molecule has 32 heavy (non-hydrogen) atoms. The number of likely N-dealkylation sites (tertiary alicyclic amines) is 1. The van der Waals surface area contributed by atoms with Crippen LogP contribution in [0.5, 0.6) is 5.75 Å². The Morgan fingerprint density at radius 3 is 2.56 bits per heavy atom. The molecule has 4 rings (SSSR count). The first-order chi connectivity index (χ1) is 15.5. The monoisotopic (exact) mass is 444 g/mol. The number of carbonyl (C=O) groups excluding carboxylic acids is 2. The summed E-state index contributed by atoms with van der Waals surface area (Å²) in [5.41, 5.74) is -0.0178. The van der Waals surface area contributed by atoms with E-state index in [9.17, 15) is 14.0 Å². The summed E-state index contributed by atoms with van der Waals surface area (Å²) >= 11 is 0. The number of benzene rings is 1. The van der Waals surface area contributed by atoms with Gasteiger partial charge in [0.05, 0.1) is 19.8 Å². The Bertz CT molecular complexity index is 942. The van der Waals surface area contributed by atoms with Crippen molar-refractivity contribution in [3.8, 4) is 5.75 Å². The Balaban J connectivity index is 1.52. The molecule has 1 aromatic heterocycles. The van der Waals surface area contributed by atoms with Gasteiger partial charge >= 0.3 is 0 Å². The van der Waals surface area contributed by atoms with Crippen molar-refractivity contribution in [3.05, 3.63) is 48.0 Å². The average molecular weight is 445 g/mol. The highest BCUT2D eigenvalue weighted by atomic mass is 19.1. The molecular weight excluding hydrogens is 415 g/mol. The van der Waals surface area contributed by atoms with Crippen LogP contribution in [0, 0.1) is 11.2 Å². The molecule has 2 saturated heterocycles. The fourth-order valence-corrected chi connectivity index (χ4v) is 4.45. The van der Waals surface area contributed by atoms with Gasteiger partial charge in [-0.25, -0.2) is 4.39 Å². The van der Waals surface area contributed by atoms with Gasteiger partial charge in [0.25, 0.3) is 5.91 Å². The quantitative estimate of drug-likeness (QED) is 0.682. The van der Waals surface area contributed by atoms with Crippen molar-refractivity contribution in [2.75, 3.05) is 46.0 Å². The van der Waals surface area contributed by atoms with Gasteiger partial charge in [-0.1, -0.05) is 0 Å². The Labute approximate surface area is 186 Å². The molecule has 2 amide bonds. The second-order valence-electron chi connectivity index (χ2n) is 8.58. The molecular formula is C23H29FN4O4. The van der Waals surface area contributed by atoms with Crippen LogP contribution in [-0.2, 0) is 16.6 Å². The zero-order valence-electron chi connectivity index (χ0n) is 18.3. The minimum absolute atomic E-state index is 0.0471. The van der Waals surface area contributed by atoms with Crippen LogP contribution >= 0.6 is 0 Å². The number of amides is 2. The molecule has 0 N–H and O–H groups in total. The van der Waals surface area contributed by atoms with E-state index in [1.807, 2.05) is 4.90 Å². The summed E-state index contributed by atoms with van der Waals surface area (Å²) in [5, 5.41) is 4.10. The minimum Gasteiger partial charge on any atom is -0.493 e. The summed E-state index contributed by atoms with van der Waals surface area (Å²) in [6.07, 6.45) is 3.42. The number of aryl methyl sites for hydroxylation is 1. The highest BCUT2D eigenvalue weighted by Crippen LogP contribution is 2.36. The maximum absolute atomic E-state index is 13.3. The van der Waals surface area contributed by atoms with Crippen molar-refractivity contribution < 1.29 is 23.5 Å². The maximum atomic E-state index is 13.3. The van der Waals surface area contributed by atoms with E-state index in [0.717, 1.165) is 12.8 Å². The van der Waals surface area contributed by atoms with Crippen LogP contribution in [0.3, 0.4) is 0 Å². The van der Waals surface area contributed by atoms with E-state index >= 15 is 0 Å². The second-order valence-corrected chi connectivity index (χ2v) is 8.58. The minimum atomic E-state index is -0.531. The molecule has 0 saturated carbocycles. The van der Waals surface area contributed by atoms with Crippen LogP contribution < -0.4 is 4.74 Å². The first-order valence-corrected chi connectivity index (χ1v) is 11.0. The number of nitrogens with zero attached hydrogens (tertiary/aromatic N) is 4. The lowest BCUT2D eigenvalue weighted by Crippen LogP contribution is -2.52. The Kier molecular flexibility index (Phi) is 6.74. The van der Waals surface area contributed by atoms with Crippen LogP contribution in [0.1, 0.15) is 29.8 Å². The number of aromatic nitrogens is 2. The fraction of sp³-hybridized carbons (Fsp3) is 0.522. The van der Waals surface area contributed by atoms with Gasteiger partial charge in [-0.15, -0.1) is 0 Å². The van der Waals surface area contributed by atoms with Crippen LogP contribution in [0.25, 0.3) is 0 Å². The maximum Gasteiger partial charge on any atom is 0.272 e. The third-order valence-corrected chi connectivity index (χ3v) is 6.24. The van der Waals surface area contributed by atoms with E-state index in [-0.39, 0.29) is 30.7 Å². The zero-order valence-corrected chi connectivity index (χ0v) is 18.3. The van der Waals surface area contributed by atoms with E-state index < -0.39 is 5.41 Å². The first kappa shape index (κ1) is 22.3. The zero-order chi connectivity index (χ0) is 22.6. The van der Waals surface area contributed by atoms with Gasteiger partial charge in [-0.2, -0.15) is 5.10 Å². The molecule has 172 valence electrons. The van der Waals surface area contributed by atoms with Gasteiger partial charge in [-0.05, 0) is 43.2 Å². The van der Waals surface area contributed by atoms with E-state index in [1.54, 1.807) is 41.0 Å². The number of hydrogen-bond acceptors (Lipinski definition) is 5. The molecule has 0 spiro atoms. The topological polar surface area (TPSA) is 76.9 Å². The van der Waals surface area contributed by atoms with Crippen LogP contribution in [0.15, 0.2) is 36.5 Å². The molecule has 0 radical (unpaired) electrons. The molecule has 2 aliphatic rings.